The molecule has 1 aromatic heterocycles. The largest absolute Gasteiger partial charge is 0.497 e. The molecule has 0 radical (unpaired) electrons. The molecule has 3 N–H and O–H groups in total. The molecule has 0 aliphatic rings. The van der Waals surface area contributed by atoms with Crippen molar-refractivity contribution in [2.45, 2.75) is 17.3 Å². The second kappa shape index (κ2) is 8.26. The first kappa shape index (κ1) is 19.6. The van der Waals surface area contributed by atoms with Gasteiger partial charge in [-0.1, -0.05) is 11.8 Å². The van der Waals surface area contributed by atoms with E-state index in [1.165, 1.54) is 4.68 Å². The highest BCUT2D eigenvalue weighted by molar-refractivity contribution is 8.00. The van der Waals surface area contributed by atoms with Crippen LogP contribution in [0.1, 0.15) is 6.92 Å². The predicted molar refractivity (Wildman–Crippen MR) is 102 cm³/mol. The summed E-state index contributed by atoms with van der Waals surface area (Å²) in [5.74, 6) is 5.25. The van der Waals surface area contributed by atoms with Gasteiger partial charge in [-0.05, 0) is 43.3 Å². The fourth-order valence-corrected chi connectivity index (χ4v) is 3.10. The SMILES string of the molecule is COc1ccc(-c2nnc(S[C@@H](C)C(=O)Nc3cc(F)ccc3F)n2N)cc1. The lowest BCUT2D eigenvalue weighted by molar-refractivity contribution is -0.115. The molecule has 3 aromatic rings. The van der Waals surface area contributed by atoms with E-state index in [0.29, 0.717) is 16.7 Å². The Kier molecular flexibility index (Phi) is 5.78. The number of anilines is 1. The molecule has 0 unspecified atom stereocenters. The van der Waals surface area contributed by atoms with E-state index in [4.69, 9.17) is 10.6 Å². The number of carbonyl (C=O) groups is 1. The summed E-state index contributed by atoms with van der Waals surface area (Å²) in [6, 6.07) is 9.92. The molecule has 0 saturated carbocycles. The maximum Gasteiger partial charge on any atom is 0.237 e. The summed E-state index contributed by atoms with van der Waals surface area (Å²) in [7, 11) is 1.57. The summed E-state index contributed by atoms with van der Waals surface area (Å²) in [4.78, 5) is 12.3. The number of nitrogens with two attached hydrogens (primary N) is 1. The lowest BCUT2D eigenvalue weighted by Gasteiger charge is -2.12. The van der Waals surface area contributed by atoms with Crippen molar-refractivity contribution in [1.82, 2.24) is 14.9 Å². The van der Waals surface area contributed by atoms with Gasteiger partial charge in [0.15, 0.2) is 5.82 Å². The van der Waals surface area contributed by atoms with Crippen LogP contribution in [-0.2, 0) is 4.79 Å². The summed E-state index contributed by atoms with van der Waals surface area (Å²) in [5.41, 5.74) is 0.493. The lowest BCUT2D eigenvalue weighted by Crippen LogP contribution is -2.24. The van der Waals surface area contributed by atoms with Gasteiger partial charge in [-0.2, -0.15) is 0 Å². The number of carbonyl (C=O) groups excluding carboxylic acids is 1. The summed E-state index contributed by atoms with van der Waals surface area (Å²) in [6.07, 6.45) is 0. The van der Waals surface area contributed by atoms with Crippen molar-refractivity contribution in [3.63, 3.8) is 0 Å². The number of nitrogens with zero attached hydrogens (tertiary/aromatic N) is 3. The summed E-state index contributed by atoms with van der Waals surface area (Å²) in [6.45, 7) is 1.60. The van der Waals surface area contributed by atoms with Crippen LogP contribution in [0.15, 0.2) is 47.6 Å². The third-order valence-corrected chi connectivity index (χ3v) is 4.91. The number of benzene rings is 2. The number of halogens is 2. The molecule has 1 heterocycles. The van der Waals surface area contributed by atoms with E-state index in [1.807, 2.05) is 0 Å². The van der Waals surface area contributed by atoms with E-state index in [-0.39, 0.29) is 5.69 Å². The van der Waals surface area contributed by atoms with E-state index < -0.39 is 22.8 Å². The Morgan fingerprint density at radius 2 is 1.93 bits per heavy atom. The minimum Gasteiger partial charge on any atom is -0.497 e. The Balaban J connectivity index is 1.71. The van der Waals surface area contributed by atoms with E-state index in [0.717, 1.165) is 35.5 Å². The Labute approximate surface area is 163 Å². The van der Waals surface area contributed by atoms with E-state index in [1.54, 1.807) is 38.3 Å². The quantitative estimate of drug-likeness (QED) is 0.483. The number of nitrogen functional groups attached to an aromatic ring is 1. The summed E-state index contributed by atoms with van der Waals surface area (Å²) >= 11 is 1.04. The number of hydrogen-bond acceptors (Lipinski definition) is 6. The van der Waals surface area contributed by atoms with Crippen molar-refractivity contribution in [2.24, 2.45) is 0 Å². The van der Waals surface area contributed by atoms with Crippen LogP contribution in [0.5, 0.6) is 5.75 Å². The van der Waals surface area contributed by atoms with Crippen LogP contribution in [0.2, 0.25) is 0 Å². The maximum absolute atomic E-state index is 13.7. The predicted octanol–water partition coefficient (Wildman–Crippen LogP) is 3.07. The van der Waals surface area contributed by atoms with Crippen LogP contribution in [0, 0.1) is 11.6 Å². The molecule has 0 aliphatic heterocycles. The highest BCUT2D eigenvalue weighted by atomic mass is 32.2. The van der Waals surface area contributed by atoms with Crippen LogP contribution < -0.4 is 15.9 Å². The number of nitrogens with one attached hydrogen (secondary N) is 1. The van der Waals surface area contributed by atoms with Crippen LogP contribution in [-0.4, -0.2) is 33.1 Å². The van der Waals surface area contributed by atoms with Crippen LogP contribution in [0.4, 0.5) is 14.5 Å². The molecule has 10 heteroatoms. The van der Waals surface area contributed by atoms with Gasteiger partial charge in [0, 0.05) is 11.6 Å². The maximum atomic E-state index is 13.7. The summed E-state index contributed by atoms with van der Waals surface area (Å²) in [5, 5.41) is 10.0. The van der Waals surface area contributed by atoms with Gasteiger partial charge in [-0.15, -0.1) is 10.2 Å². The molecule has 0 bridgehead atoms. The van der Waals surface area contributed by atoms with Gasteiger partial charge in [0.1, 0.15) is 17.4 Å². The minimum absolute atomic E-state index is 0.231. The Morgan fingerprint density at radius 3 is 2.61 bits per heavy atom. The molecule has 0 saturated heterocycles. The van der Waals surface area contributed by atoms with E-state index in [9.17, 15) is 13.6 Å². The Hall–Kier alpha value is -3.14. The molecule has 2 aromatic carbocycles. The number of aromatic nitrogens is 3. The number of rotatable bonds is 6. The van der Waals surface area contributed by atoms with E-state index in [2.05, 4.69) is 15.5 Å². The van der Waals surface area contributed by atoms with Gasteiger partial charge < -0.3 is 15.9 Å². The normalized spacial score (nSPS) is 11.9. The van der Waals surface area contributed by atoms with Gasteiger partial charge in [0.05, 0.1) is 18.0 Å². The molecule has 0 fully saturated rings. The van der Waals surface area contributed by atoms with Crippen molar-refractivity contribution in [2.75, 3.05) is 18.3 Å². The molecule has 1 amide bonds. The second-order valence-electron chi connectivity index (χ2n) is 5.78. The fraction of sp³-hybridized carbons (Fsp3) is 0.167. The zero-order chi connectivity index (χ0) is 20.3. The van der Waals surface area contributed by atoms with Crippen LogP contribution in [0.3, 0.4) is 0 Å². The molecule has 28 heavy (non-hydrogen) atoms. The standard InChI is InChI=1S/C18H17F2N5O2S/c1-10(17(26)22-15-9-12(19)5-8-14(15)20)28-18-24-23-16(25(18)21)11-3-6-13(27-2)7-4-11/h3-10H,21H2,1-2H3,(H,22,26)/t10-/m0/s1. The van der Waals surface area contributed by atoms with Gasteiger partial charge >= 0.3 is 0 Å². The first-order chi connectivity index (χ1) is 13.4. The van der Waals surface area contributed by atoms with Crippen molar-refractivity contribution in [3.8, 4) is 17.1 Å². The average Bonchev–Trinajstić information content (AvgIpc) is 3.05. The molecule has 0 spiro atoms. The lowest BCUT2D eigenvalue weighted by atomic mass is 10.2. The molecular weight excluding hydrogens is 388 g/mol. The number of amides is 1. The number of methoxy groups -OCH3 is 1. The summed E-state index contributed by atoms with van der Waals surface area (Å²) < 4.78 is 33.3. The highest BCUT2D eigenvalue weighted by Gasteiger charge is 2.21. The van der Waals surface area contributed by atoms with Crippen molar-refractivity contribution < 1.29 is 18.3 Å². The Bertz CT molecular complexity index is 994. The Morgan fingerprint density at radius 1 is 1.21 bits per heavy atom. The van der Waals surface area contributed by atoms with E-state index >= 15 is 0 Å². The molecule has 146 valence electrons. The van der Waals surface area contributed by atoms with Crippen LogP contribution in [0.25, 0.3) is 11.4 Å². The van der Waals surface area contributed by atoms with Crippen molar-refractivity contribution in [1.29, 1.82) is 0 Å². The molecule has 7 nitrogen and oxygen atoms in total. The third kappa shape index (κ3) is 4.22. The van der Waals surface area contributed by atoms with Gasteiger partial charge in [-0.3, -0.25) is 4.79 Å². The molecule has 1 atom stereocenters. The first-order valence-corrected chi connectivity index (χ1v) is 9.04. The smallest absolute Gasteiger partial charge is 0.237 e. The second-order valence-corrected chi connectivity index (χ2v) is 7.09. The minimum atomic E-state index is -0.726. The van der Waals surface area contributed by atoms with Gasteiger partial charge in [0.25, 0.3) is 0 Å². The molecular formula is C18H17F2N5O2S. The topological polar surface area (TPSA) is 95.1 Å². The van der Waals surface area contributed by atoms with Crippen molar-refractivity contribution >= 4 is 23.4 Å². The van der Waals surface area contributed by atoms with Crippen molar-refractivity contribution in [3.05, 3.63) is 54.1 Å². The third-order valence-electron chi connectivity index (χ3n) is 3.85. The number of ether oxygens (including phenoxy) is 1. The number of hydrogen-bond donors (Lipinski definition) is 2. The first-order valence-electron chi connectivity index (χ1n) is 8.16. The van der Waals surface area contributed by atoms with Gasteiger partial charge in [-0.25, -0.2) is 13.5 Å². The van der Waals surface area contributed by atoms with Crippen LogP contribution >= 0.6 is 11.8 Å². The zero-order valence-electron chi connectivity index (χ0n) is 15.0. The molecule has 3 rings (SSSR count). The fourth-order valence-electron chi connectivity index (χ4n) is 2.33. The van der Waals surface area contributed by atoms with Gasteiger partial charge in [0.2, 0.25) is 11.1 Å². The zero-order valence-corrected chi connectivity index (χ0v) is 15.8. The molecule has 0 aliphatic carbocycles. The monoisotopic (exact) mass is 405 g/mol. The number of thioether (sulfide) groups is 1. The average molecular weight is 405 g/mol. The highest BCUT2D eigenvalue weighted by Crippen LogP contribution is 2.27.